The van der Waals surface area contributed by atoms with E-state index in [0.29, 0.717) is 5.56 Å². The lowest BCUT2D eigenvalue weighted by Crippen LogP contribution is -2.22. The number of halogens is 1. The quantitative estimate of drug-likeness (QED) is 0.728. The monoisotopic (exact) mass is 408 g/mol. The van der Waals surface area contributed by atoms with E-state index in [1.165, 1.54) is 5.69 Å². The van der Waals surface area contributed by atoms with E-state index < -0.39 is 0 Å². The van der Waals surface area contributed by atoms with Gasteiger partial charge in [0, 0.05) is 28.0 Å². The highest BCUT2D eigenvalue weighted by atomic mass is 127. The van der Waals surface area contributed by atoms with E-state index in [1.54, 1.807) is 0 Å². The van der Waals surface area contributed by atoms with Crippen molar-refractivity contribution in [3.8, 4) is 0 Å². The van der Waals surface area contributed by atoms with Crippen molar-refractivity contribution in [2.24, 2.45) is 0 Å². The van der Waals surface area contributed by atoms with Crippen molar-refractivity contribution in [3.63, 3.8) is 0 Å². The molecule has 0 aliphatic rings. The number of nitrogens with one attached hydrogen (secondary N) is 1. The first-order valence-electron chi connectivity index (χ1n) is 7.48. The molecule has 0 aliphatic carbocycles. The number of amides is 1. The summed E-state index contributed by atoms with van der Waals surface area (Å²) < 4.78 is 0.954. The predicted molar refractivity (Wildman–Crippen MR) is 102 cm³/mol. The topological polar surface area (TPSA) is 32.3 Å². The molecule has 1 amide bonds. The summed E-state index contributed by atoms with van der Waals surface area (Å²) in [5.41, 5.74) is 3.83. The number of carbonyl (C=O) groups is 1. The number of carbonyl (C=O) groups excluding carboxylic acids is 1. The molecular weight excluding hydrogens is 387 g/mol. The van der Waals surface area contributed by atoms with Gasteiger partial charge in [0.15, 0.2) is 0 Å². The number of benzene rings is 2. The van der Waals surface area contributed by atoms with Gasteiger partial charge in [-0.2, -0.15) is 0 Å². The molecule has 3 nitrogen and oxygen atoms in total. The van der Waals surface area contributed by atoms with E-state index >= 15 is 0 Å². The van der Waals surface area contributed by atoms with Gasteiger partial charge in [0.25, 0.3) is 5.91 Å². The summed E-state index contributed by atoms with van der Waals surface area (Å²) in [7, 11) is 0. The minimum Gasteiger partial charge on any atom is -0.372 e. The minimum atomic E-state index is -0.0660. The lowest BCUT2D eigenvalue weighted by molar-refractivity contribution is 0.102. The van der Waals surface area contributed by atoms with Crippen molar-refractivity contribution in [3.05, 3.63) is 57.2 Å². The molecule has 116 valence electrons. The third-order valence-corrected chi connectivity index (χ3v) is 4.65. The van der Waals surface area contributed by atoms with E-state index in [2.05, 4.69) is 58.8 Å². The Morgan fingerprint density at radius 3 is 2.41 bits per heavy atom. The van der Waals surface area contributed by atoms with Gasteiger partial charge in [-0.15, -0.1) is 0 Å². The van der Waals surface area contributed by atoms with Gasteiger partial charge < -0.3 is 10.2 Å². The third kappa shape index (κ3) is 3.80. The van der Waals surface area contributed by atoms with E-state index in [1.807, 2.05) is 37.3 Å². The van der Waals surface area contributed by atoms with Crippen LogP contribution in [0.3, 0.4) is 0 Å². The molecule has 0 aromatic heterocycles. The maximum absolute atomic E-state index is 12.4. The molecular formula is C18H21IN2O. The number of aryl methyl sites for hydroxylation is 1. The normalized spacial score (nSPS) is 10.4. The van der Waals surface area contributed by atoms with Crippen LogP contribution in [0.15, 0.2) is 42.5 Å². The van der Waals surface area contributed by atoms with Crippen LogP contribution in [0.1, 0.15) is 29.8 Å². The van der Waals surface area contributed by atoms with E-state index in [-0.39, 0.29) is 5.91 Å². The van der Waals surface area contributed by atoms with Gasteiger partial charge in [-0.05, 0) is 79.3 Å². The standard InChI is InChI=1S/C18H21IN2O/c1-4-21(5-2)14-10-11-17(13(3)12-14)20-18(22)15-8-6-7-9-16(15)19/h6-12H,4-5H2,1-3H3,(H,20,22). The van der Waals surface area contributed by atoms with Crippen LogP contribution in [-0.2, 0) is 0 Å². The van der Waals surface area contributed by atoms with Crippen LogP contribution in [0, 0.1) is 10.5 Å². The van der Waals surface area contributed by atoms with Crippen molar-refractivity contribution >= 4 is 39.9 Å². The van der Waals surface area contributed by atoms with Crippen LogP contribution in [0.5, 0.6) is 0 Å². The molecule has 2 rings (SSSR count). The van der Waals surface area contributed by atoms with Crippen molar-refractivity contribution < 1.29 is 4.79 Å². The van der Waals surface area contributed by atoms with Crippen LogP contribution in [0.25, 0.3) is 0 Å². The summed E-state index contributed by atoms with van der Waals surface area (Å²) in [5.74, 6) is -0.0660. The fraction of sp³-hybridized carbons (Fsp3) is 0.278. The summed E-state index contributed by atoms with van der Waals surface area (Å²) in [6, 6.07) is 13.8. The molecule has 0 heterocycles. The Labute approximate surface area is 145 Å². The lowest BCUT2D eigenvalue weighted by atomic mass is 10.1. The van der Waals surface area contributed by atoms with Gasteiger partial charge >= 0.3 is 0 Å². The molecule has 0 aliphatic heterocycles. The lowest BCUT2D eigenvalue weighted by Gasteiger charge is -2.22. The van der Waals surface area contributed by atoms with Crippen LogP contribution in [0.2, 0.25) is 0 Å². The largest absolute Gasteiger partial charge is 0.372 e. The number of rotatable bonds is 5. The minimum absolute atomic E-state index is 0.0660. The first-order chi connectivity index (χ1) is 10.6. The van der Waals surface area contributed by atoms with Crippen molar-refractivity contribution in [1.82, 2.24) is 0 Å². The summed E-state index contributed by atoms with van der Waals surface area (Å²) >= 11 is 2.18. The second kappa shape index (κ2) is 7.63. The molecule has 2 aromatic carbocycles. The first-order valence-corrected chi connectivity index (χ1v) is 8.56. The van der Waals surface area contributed by atoms with Crippen molar-refractivity contribution in [2.75, 3.05) is 23.3 Å². The second-order valence-electron chi connectivity index (χ2n) is 5.11. The molecule has 0 saturated carbocycles. The fourth-order valence-electron chi connectivity index (χ4n) is 2.41. The van der Waals surface area contributed by atoms with Gasteiger partial charge in [0.2, 0.25) is 0 Å². The van der Waals surface area contributed by atoms with Gasteiger partial charge in [-0.1, -0.05) is 12.1 Å². The van der Waals surface area contributed by atoms with E-state index in [4.69, 9.17) is 0 Å². The number of hydrogen-bond acceptors (Lipinski definition) is 2. The average Bonchev–Trinajstić information content (AvgIpc) is 2.51. The van der Waals surface area contributed by atoms with Gasteiger partial charge in [0.1, 0.15) is 0 Å². The summed E-state index contributed by atoms with van der Waals surface area (Å²) in [4.78, 5) is 14.7. The molecule has 0 atom stereocenters. The Morgan fingerprint density at radius 2 is 1.82 bits per heavy atom. The van der Waals surface area contributed by atoms with Gasteiger partial charge in [-0.25, -0.2) is 0 Å². The number of hydrogen-bond donors (Lipinski definition) is 1. The third-order valence-electron chi connectivity index (χ3n) is 3.71. The number of nitrogens with zero attached hydrogens (tertiary/aromatic N) is 1. The Bertz CT molecular complexity index is 666. The van der Waals surface area contributed by atoms with Crippen molar-refractivity contribution in [2.45, 2.75) is 20.8 Å². The zero-order valence-corrected chi connectivity index (χ0v) is 15.3. The van der Waals surface area contributed by atoms with Crippen LogP contribution in [0.4, 0.5) is 11.4 Å². The Balaban J connectivity index is 2.20. The smallest absolute Gasteiger partial charge is 0.256 e. The second-order valence-corrected chi connectivity index (χ2v) is 6.27. The SMILES string of the molecule is CCN(CC)c1ccc(NC(=O)c2ccccc2I)c(C)c1. The van der Waals surface area contributed by atoms with Gasteiger partial charge in [0.05, 0.1) is 5.56 Å². The Kier molecular flexibility index (Phi) is 5.83. The van der Waals surface area contributed by atoms with Gasteiger partial charge in [-0.3, -0.25) is 4.79 Å². The highest BCUT2D eigenvalue weighted by Crippen LogP contribution is 2.23. The van der Waals surface area contributed by atoms with Crippen LogP contribution < -0.4 is 10.2 Å². The maximum atomic E-state index is 12.4. The summed E-state index contributed by atoms with van der Waals surface area (Å²) in [5, 5.41) is 3.01. The average molecular weight is 408 g/mol. The predicted octanol–water partition coefficient (Wildman–Crippen LogP) is 4.70. The maximum Gasteiger partial charge on any atom is 0.256 e. The fourth-order valence-corrected chi connectivity index (χ4v) is 3.04. The molecule has 0 saturated heterocycles. The molecule has 0 fully saturated rings. The molecule has 2 aromatic rings. The molecule has 0 bridgehead atoms. The summed E-state index contributed by atoms with van der Waals surface area (Å²) in [6.07, 6.45) is 0. The molecule has 0 unspecified atom stereocenters. The zero-order chi connectivity index (χ0) is 16.1. The first kappa shape index (κ1) is 16.8. The number of anilines is 2. The Morgan fingerprint density at radius 1 is 1.14 bits per heavy atom. The van der Waals surface area contributed by atoms with Crippen molar-refractivity contribution in [1.29, 1.82) is 0 Å². The summed E-state index contributed by atoms with van der Waals surface area (Å²) in [6.45, 7) is 8.27. The van der Waals surface area contributed by atoms with Crippen LogP contribution >= 0.6 is 22.6 Å². The van der Waals surface area contributed by atoms with E-state index in [9.17, 15) is 4.79 Å². The highest BCUT2D eigenvalue weighted by molar-refractivity contribution is 14.1. The molecule has 22 heavy (non-hydrogen) atoms. The van der Waals surface area contributed by atoms with Crippen LogP contribution in [-0.4, -0.2) is 19.0 Å². The molecule has 1 N–H and O–H groups in total. The highest BCUT2D eigenvalue weighted by Gasteiger charge is 2.11. The molecule has 4 heteroatoms. The zero-order valence-electron chi connectivity index (χ0n) is 13.2. The Hall–Kier alpha value is -1.56. The van der Waals surface area contributed by atoms with E-state index in [0.717, 1.165) is 27.9 Å². The molecule has 0 radical (unpaired) electrons. The molecule has 0 spiro atoms.